The van der Waals surface area contributed by atoms with Crippen molar-refractivity contribution in [3.8, 4) is 11.5 Å². The van der Waals surface area contributed by atoms with Gasteiger partial charge in [-0.15, -0.1) is 10.2 Å². The van der Waals surface area contributed by atoms with E-state index in [9.17, 15) is 25.0 Å². The molecule has 3 aromatic rings. The monoisotopic (exact) mass is 398 g/mol. The predicted molar refractivity (Wildman–Crippen MR) is 98.1 cm³/mol. The van der Waals surface area contributed by atoms with E-state index >= 15 is 0 Å². The molecule has 0 aliphatic carbocycles. The van der Waals surface area contributed by atoms with Gasteiger partial charge >= 0.3 is 5.97 Å². The minimum atomic E-state index is -0.916. The third kappa shape index (κ3) is 4.08. The number of benzene rings is 2. The zero-order valence-electron chi connectivity index (χ0n) is 15.3. The molecule has 11 nitrogen and oxygen atoms in total. The number of nitrogens with zero attached hydrogens (tertiary/aromatic N) is 4. The first-order valence-electron chi connectivity index (χ1n) is 8.31. The van der Waals surface area contributed by atoms with Crippen LogP contribution in [0.1, 0.15) is 34.8 Å². The van der Waals surface area contributed by atoms with Crippen LogP contribution in [0.25, 0.3) is 11.5 Å². The Kier molecular flexibility index (Phi) is 5.30. The summed E-state index contributed by atoms with van der Waals surface area (Å²) in [7, 11) is 0. The van der Waals surface area contributed by atoms with Crippen LogP contribution >= 0.6 is 0 Å². The molecule has 0 aliphatic rings. The summed E-state index contributed by atoms with van der Waals surface area (Å²) < 4.78 is 10.8. The van der Waals surface area contributed by atoms with Gasteiger partial charge in [0.2, 0.25) is 5.89 Å². The summed E-state index contributed by atoms with van der Waals surface area (Å²) in [6.07, 6.45) is -0.916. The number of rotatable bonds is 6. The van der Waals surface area contributed by atoms with Gasteiger partial charge in [-0.1, -0.05) is 6.07 Å². The minimum absolute atomic E-state index is 0.00906. The maximum absolute atomic E-state index is 12.4. The first-order chi connectivity index (χ1) is 13.8. The molecule has 11 heteroatoms. The SMILES string of the molecule is Cc1c(C(=O)OC(C)c2nnc(-c3ccc([N+](=O)[O-])cc3)o2)cccc1[N+](=O)[O-]. The van der Waals surface area contributed by atoms with Crippen LogP contribution in [0, 0.1) is 27.2 Å². The molecule has 29 heavy (non-hydrogen) atoms. The summed E-state index contributed by atoms with van der Waals surface area (Å²) in [5.74, 6) is -0.659. The highest BCUT2D eigenvalue weighted by atomic mass is 16.6. The lowest BCUT2D eigenvalue weighted by Crippen LogP contribution is -2.11. The summed E-state index contributed by atoms with van der Waals surface area (Å²) >= 11 is 0. The largest absolute Gasteiger partial charge is 0.449 e. The highest BCUT2D eigenvalue weighted by molar-refractivity contribution is 5.92. The van der Waals surface area contributed by atoms with Crippen molar-refractivity contribution in [3.05, 3.63) is 79.7 Å². The Labute approximate surface area is 163 Å². The highest BCUT2D eigenvalue weighted by Crippen LogP contribution is 2.26. The summed E-state index contributed by atoms with van der Waals surface area (Å²) in [4.78, 5) is 33.0. The normalized spacial score (nSPS) is 11.7. The second kappa shape index (κ2) is 7.84. The van der Waals surface area contributed by atoms with Crippen LogP contribution in [0.15, 0.2) is 46.9 Å². The average Bonchev–Trinajstić information content (AvgIpc) is 3.18. The number of nitro benzene ring substituents is 2. The zero-order valence-corrected chi connectivity index (χ0v) is 15.3. The van der Waals surface area contributed by atoms with Crippen molar-refractivity contribution in [2.75, 3.05) is 0 Å². The molecule has 0 aliphatic heterocycles. The Morgan fingerprint density at radius 1 is 1.07 bits per heavy atom. The predicted octanol–water partition coefficient (Wildman–Crippen LogP) is 3.78. The van der Waals surface area contributed by atoms with Crippen molar-refractivity contribution < 1.29 is 23.8 Å². The molecule has 0 bridgehead atoms. The average molecular weight is 398 g/mol. The molecule has 1 unspecified atom stereocenters. The number of hydrogen-bond donors (Lipinski definition) is 0. The van der Waals surface area contributed by atoms with Crippen LogP contribution in [-0.4, -0.2) is 26.0 Å². The molecule has 0 saturated carbocycles. The molecule has 2 aromatic carbocycles. The Bertz CT molecular complexity index is 1090. The molecular weight excluding hydrogens is 384 g/mol. The molecular formula is C18H14N4O7. The van der Waals surface area contributed by atoms with E-state index in [1.165, 1.54) is 56.3 Å². The van der Waals surface area contributed by atoms with Crippen LogP contribution in [0.5, 0.6) is 0 Å². The van der Waals surface area contributed by atoms with Crippen molar-refractivity contribution in [1.82, 2.24) is 10.2 Å². The van der Waals surface area contributed by atoms with Crippen LogP contribution in [-0.2, 0) is 4.74 Å². The van der Waals surface area contributed by atoms with Crippen molar-refractivity contribution in [3.63, 3.8) is 0 Å². The van der Waals surface area contributed by atoms with E-state index in [0.717, 1.165) is 0 Å². The molecule has 1 atom stereocenters. The summed E-state index contributed by atoms with van der Waals surface area (Å²) in [5, 5.41) is 29.4. The van der Waals surface area contributed by atoms with Crippen molar-refractivity contribution >= 4 is 17.3 Å². The van der Waals surface area contributed by atoms with Crippen LogP contribution in [0.2, 0.25) is 0 Å². The van der Waals surface area contributed by atoms with Crippen molar-refractivity contribution in [2.24, 2.45) is 0 Å². The first-order valence-corrected chi connectivity index (χ1v) is 8.31. The third-order valence-corrected chi connectivity index (χ3v) is 4.12. The lowest BCUT2D eigenvalue weighted by atomic mass is 10.1. The first kappa shape index (κ1) is 19.6. The van der Waals surface area contributed by atoms with Gasteiger partial charge in [0.15, 0.2) is 6.10 Å². The minimum Gasteiger partial charge on any atom is -0.449 e. The fourth-order valence-electron chi connectivity index (χ4n) is 2.56. The van der Waals surface area contributed by atoms with E-state index in [1.807, 2.05) is 0 Å². The number of carbonyl (C=O) groups is 1. The Balaban J connectivity index is 1.76. The van der Waals surface area contributed by atoms with Gasteiger partial charge in [-0.3, -0.25) is 20.2 Å². The van der Waals surface area contributed by atoms with Gasteiger partial charge in [-0.2, -0.15) is 0 Å². The number of ether oxygens (including phenoxy) is 1. The van der Waals surface area contributed by atoms with Gasteiger partial charge in [0, 0.05) is 29.3 Å². The second-order valence-electron chi connectivity index (χ2n) is 6.00. The second-order valence-corrected chi connectivity index (χ2v) is 6.00. The lowest BCUT2D eigenvalue weighted by molar-refractivity contribution is -0.385. The lowest BCUT2D eigenvalue weighted by Gasteiger charge is -2.11. The van der Waals surface area contributed by atoms with Crippen molar-refractivity contribution in [2.45, 2.75) is 20.0 Å². The number of non-ortho nitro benzene ring substituents is 1. The van der Waals surface area contributed by atoms with E-state index in [0.29, 0.717) is 5.56 Å². The molecule has 0 fully saturated rings. The smallest absolute Gasteiger partial charge is 0.339 e. The molecule has 0 spiro atoms. The Morgan fingerprint density at radius 3 is 2.38 bits per heavy atom. The number of carbonyl (C=O) groups excluding carboxylic acids is 1. The van der Waals surface area contributed by atoms with Gasteiger partial charge in [0.05, 0.1) is 15.4 Å². The molecule has 3 rings (SSSR count). The highest BCUT2D eigenvalue weighted by Gasteiger charge is 2.24. The van der Waals surface area contributed by atoms with Crippen molar-refractivity contribution in [1.29, 1.82) is 0 Å². The van der Waals surface area contributed by atoms with Crippen LogP contribution in [0.4, 0.5) is 11.4 Å². The molecule has 1 aromatic heterocycles. The maximum Gasteiger partial charge on any atom is 0.339 e. The molecule has 1 heterocycles. The number of esters is 1. The molecule has 148 valence electrons. The zero-order chi connectivity index (χ0) is 21.1. The Morgan fingerprint density at radius 2 is 1.76 bits per heavy atom. The molecule has 0 radical (unpaired) electrons. The topological polar surface area (TPSA) is 152 Å². The van der Waals surface area contributed by atoms with E-state index < -0.39 is 21.9 Å². The summed E-state index contributed by atoms with van der Waals surface area (Å²) in [6, 6.07) is 9.63. The summed E-state index contributed by atoms with van der Waals surface area (Å²) in [6.45, 7) is 2.97. The number of nitro groups is 2. The number of hydrogen-bond acceptors (Lipinski definition) is 9. The maximum atomic E-state index is 12.4. The fraction of sp³-hybridized carbons (Fsp3) is 0.167. The molecule has 0 amide bonds. The van der Waals surface area contributed by atoms with E-state index in [4.69, 9.17) is 9.15 Å². The Hall–Kier alpha value is -4.15. The fourth-order valence-corrected chi connectivity index (χ4v) is 2.56. The van der Waals surface area contributed by atoms with E-state index in [-0.39, 0.29) is 34.3 Å². The quantitative estimate of drug-likeness (QED) is 0.343. The van der Waals surface area contributed by atoms with Gasteiger partial charge in [-0.25, -0.2) is 4.79 Å². The van der Waals surface area contributed by atoms with E-state index in [1.54, 1.807) is 0 Å². The van der Waals surface area contributed by atoms with Gasteiger partial charge in [0.1, 0.15) is 0 Å². The third-order valence-electron chi connectivity index (χ3n) is 4.12. The van der Waals surface area contributed by atoms with Gasteiger partial charge < -0.3 is 9.15 Å². The summed E-state index contributed by atoms with van der Waals surface area (Å²) in [5.41, 5.74) is 0.434. The molecule has 0 saturated heterocycles. The van der Waals surface area contributed by atoms with Gasteiger partial charge in [-0.05, 0) is 32.0 Å². The molecule has 0 N–H and O–H groups in total. The standard InChI is InChI=1S/C18H14N4O7/c1-10-14(4-3-5-15(10)22(26)27)18(23)28-11(2)16-19-20-17(29-16)12-6-8-13(9-7-12)21(24)25/h3-9,11H,1-2H3. The number of aromatic nitrogens is 2. The van der Waals surface area contributed by atoms with E-state index in [2.05, 4.69) is 10.2 Å². The van der Waals surface area contributed by atoms with Crippen LogP contribution in [0.3, 0.4) is 0 Å². The van der Waals surface area contributed by atoms with Crippen LogP contribution < -0.4 is 0 Å². The van der Waals surface area contributed by atoms with Gasteiger partial charge in [0.25, 0.3) is 17.3 Å².